The lowest BCUT2D eigenvalue weighted by Gasteiger charge is -2.13. The summed E-state index contributed by atoms with van der Waals surface area (Å²) in [4.78, 5) is 34.4. The summed E-state index contributed by atoms with van der Waals surface area (Å²) < 4.78 is 13.1. The summed E-state index contributed by atoms with van der Waals surface area (Å²) in [5.41, 5.74) is 2.51. The van der Waals surface area contributed by atoms with E-state index in [1.807, 2.05) is 26.0 Å². The molecule has 0 fully saturated rings. The number of aryl methyl sites for hydroxylation is 3. The second-order valence-corrected chi connectivity index (χ2v) is 7.20. The summed E-state index contributed by atoms with van der Waals surface area (Å²) in [6.45, 7) is 5.70. The van der Waals surface area contributed by atoms with Crippen LogP contribution >= 0.6 is 0 Å². The average Bonchev–Trinajstić information content (AvgIpc) is 3.08. The predicted octanol–water partition coefficient (Wildman–Crippen LogP) is 2.38. The molecule has 0 aliphatic heterocycles. The van der Waals surface area contributed by atoms with Crippen LogP contribution in [0.5, 0.6) is 5.75 Å². The molecule has 0 saturated heterocycles. The highest BCUT2D eigenvalue weighted by atomic mass is 16.5. The zero-order valence-corrected chi connectivity index (χ0v) is 17.3. The minimum Gasteiger partial charge on any atom is -0.493 e. The fraction of sp³-hybridized carbons (Fsp3) is 0.286. The maximum absolute atomic E-state index is 13.0. The van der Waals surface area contributed by atoms with E-state index in [1.165, 1.54) is 19.4 Å². The van der Waals surface area contributed by atoms with Crippen LogP contribution in [0.25, 0.3) is 22.5 Å². The molecule has 4 aromatic rings. The minimum absolute atomic E-state index is 0.0116. The van der Waals surface area contributed by atoms with Crippen LogP contribution in [-0.4, -0.2) is 31.4 Å². The van der Waals surface area contributed by atoms with E-state index in [4.69, 9.17) is 9.15 Å². The van der Waals surface area contributed by atoms with E-state index >= 15 is 0 Å². The van der Waals surface area contributed by atoms with Crippen LogP contribution in [0.15, 0.2) is 44.5 Å². The maximum Gasteiger partial charge on any atom is 0.423 e. The number of benzene rings is 1. The van der Waals surface area contributed by atoms with Crippen LogP contribution in [0.2, 0.25) is 0 Å². The van der Waals surface area contributed by atoms with Crippen LogP contribution in [0.1, 0.15) is 29.9 Å². The van der Waals surface area contributed by atoms with Gasteiger partial charge in [0.2, 0.25) is 5.58 Å². The molecule has 30 heavy (non-hydrogen) atoms. The van der Waals surface area contributed by atoms with Crippen molar-refractivity contribution in [3.05, 3.63) is 68.3 Å². The summed E-state index contributed by atoms with van der Waals surface area (Å²) in [6, 6.07) is 6.85. The molecule has 3 heterocycles. The second kappa shape index (κ2) is 7.25. The number of nitrogens with zero attached hydrogens (tertiary/aromatic N) is 5. The van der Waals surface area contributed by atoms with E-state index in [1.54, 1.807) is 18.7 Å². The van der Waals surface area contributed by atoms with Crippen molar-refractivity contribution in [2.75, 3.05) is 7.11 Å². The van der Waals surface area contributed by atoms with Gasteiger partial charge in [0.1, 0.15) is 6.04 Å². The summed E-state index contributed by atoms with van der Waals surface area (Å²) in [5, 5.41) is 4.48. The normalized spacial score (nSPS) is 12.3. The first-order valence-electron chi connectivity index (χ1n) is 9.38. The number of pyridine rings is 1. The van der Waals surface area contributed by atoms with Crippen LogP contribution < -0.4 is 16.1 Å². The fourth-order valence-corrected chi connectivity index (χ4v) is 3.61. The molecule has 0 N–H and O–H groups in total. The molecule has 0 aliphatic carbocycles. The van der Waals surface area contributed by atoms with Gasteiger partial charge in [-0.15, -0.1) is 0 Å². The summed E-state index contributed by atoms with van der Waals surface area (Å²) in [6.07, 6.45) is 1.43. The lowest BCUT2D eigenvalue weighted by atomic mass is 10.1. The Bertz CT molecular complexity index is 1360. The summed E-state index contributed by atoms with van der Waals surface area (Å²) >= 11 is 0. The zero-order valence-electron chi connectivity index (χ0n) is 17.3. The summed E-state index contributed by atoms with van der Waals surface area (Å²) in [5.74, 6) is 0.414. The maximum atomic E-state index is 13.0. The van der Waals surface area contributed by atoms with Crippen molar-refractivity contribution in [1.82, 2.24) is 24.3 Å². The van der Waals surface area contributed by atoms with Gasteiger partial charge in [-0.3, -0.25) is 9.48 Å². The van der Waals surface area contributed by atoms with Gasteiger partial charge in [0.15, 0.2) is 22.9 Å². The highest BCUT2D eigenvalue weighted by Gasteiger charge is 2.23. The monoisotopic (exact) mass is 407 g/mol. The number of hydrogen-bond acceptors (Lipinski definition) is 7. The van der Waals surface area contributed by atoms with Gasteiger partial charge >= 0.3 is 5.76 Å². The lowest BCUT2D eigenvalue weighted by molar-refractivity contribution is 0.386. The SMILES string of the molecule is COc1ccnc2c(=O)n([C@@H](C)c3nc(-c4cc(C)cc(C)c4)nn3C)c(=O)oc12. The van der Waals surface area contributed by atoms with Gasteiger partial charge < -0.3 is 9.15 Å². The molecular formula is C21H21N5O4. The van der Waals surface area contributed by atoms with Gasteiger partial charge in [-0.2, -0.15) is 5.10 Å². The molecule has 4 rings (SSSR count). The van der Waals surface area contributed by atoms with Crippen molar-refractivity contribution in [3.8, 4) is 17.1 Å². The molecule has 0 aliphatic rings. The first-order chi connectivity index (χ1) is 14.3. The molecule has 0 bridgehead atoms. The van der Waals surface area contributed by atoms with Gasteiger partial charge in [0.25, 0.3) is 5.56 Å². The Kier molecular flexibility index (Phi) is 4.73. The van der Waals surface area contributed by atoms with Crippen molar-refractivity contribution in [2.45, 2.75) is 26.8 Å². The first-order valence-corrected chi connectivity index (χ1v) is 9.38. The third kappa shape index (κ3) is 3.18. The van der Waals surface area contributed by atoms with Crippen molar-refractivity contribution < 1.29 is 9.15 Å². The molecule has 3 aromatic heterocycles. The quantitative estimate of drug-likeness (QED) is 0.511. The second-order valence-electron chi connectivity index (χ2n) is 7.20. The predicted molar refractivity (Wildman–Crippen MR) is 111 cm³/mol. The molecule has 1 aromatic carbocycles. The smallest absolute Gasteiger partial charge is 0.423 e. The molecule has 0 unspecified atom stereocenters. The van der Waals surface area contributed by atoms with E-state index in [-0.39, 0.29) is 16.8 Å². The third-order valence-electron chi connectivity index (χ3n) is 4.93. The molecule has 9 heteroatoms. The van der Waals surface area contributed by atoms with Gasteiger partial charge in [-0.1, -0.05) is 17.2 Å². The minimum atomic E-state index is -0.817. The number of methoxy groups -OCH3 is 1. The van der Waals surface area contributed by atoms with E-state index in [9.17, 15) is 9.59 Å². The van der Waals surface area contributed by atoms with E-state index in [0.717, 1.165) is 21.3 Å². The number of rotatable bonds is 4. The molecule has 0 saturated carbocycles. The van der Waals surface area contributed by atoms with Gasteiger partial charge in [-0.05, 0) is 32.9 Å². The third-order valence-corrected chi connectivity index (χ3v) is 4.93. The highest BCUT2D eigenvalue weighted by Crippen LogP contribution is 2.23. The van der Waals surface area contributed by atoms with Gasteiger partial charge in [0.05, 0.1) is 7.11 Å². The Morgan fingerprint density at radius 1 is 1.13 bits per heavy atom. The van der Waals surface area contributed by atoms with Crippen LogP contribution in [0.4, 0.5) is 0 Å². The van der Waals surface area contributed by atoms with Crippen molar-refractivity contribution >= 4 is 11.1 Å². The van der Waals surface area contributed by atoms with Crippen molar-refractivity contribution in [2.24, 2.45) is 7.05 Å². The number of fused-ring (bicyclic) bond motifs is 1. The Labute approximate surface area is 171 Å². The molecule has 9 nitrogen and oxygen atoms in total. The summed E-state index contributed by atoms with van der Waals surface area (Å²) in [7, 11) is 3.15. The Balaban J connectivity index is 1.85. The Morgan fingerprint density at radius 2 is 1.83 bits per heavy atom. The van der Waals surface area contributed by atoms with Gasteiger partial charge in [0, 0.05) is 24.9 Å². The Hall–Kier alpha value is -3.75. The standard InChI is InChI=1S/C21H21N5O4/c1-11-8-12(2)10-14(9-11)18-23-19(25(4)24-18)13(3)26-20(27)16-17(30-21(26)28)15(29-5)6-7-22-16/h6-10,13H,1-5H3/t13-/m0/s1. The average molecular weight is 407 g/mol. The Morgan fingerprint density at radius 3 is 2.50 bits per heavy atom. The molecule has 1 atom stereocenters. The highest BCUT2D eigenvalue weighted by molar-refractivity contribution is 5.77. The number of ether oxygens (including phenoxy) is 1. The molecule has 0 spiro atoms. The first kappa shape index (κ1) is 19.6. The van der Waals surface area contributed by atoms with Gasteiger partial charge in [-0.25, -0.2) is 19.3 Å². The molecular weight excluding hydrogens is 386 g/mol. The number of aromatic nitrogens is 5. The lowest BCUT2D eigenvalue weighted by Crippen LogP contribution is -2.36. The van der Waals surface area contributed by atoms with Crippen molar-refractivity contribution in [1.29, 1.82) is 0 Å². The fourth-order valence-electron chi connectivity index (χ4n) is 3.61. The number of hydrogen-bond donors (Lipinski definition) is 0. The van der Waals surface area contributed by atoms with Crippen LogP contribution in [0.3, 0.4) is 0 Å². The topological polar surface area (TPSA) is 105 Å². The van der Waals surface area contributed by atoms with E-state index < -0.39 is 17.4 Å². The van der Waals surface area contributed by atoms with E-state index in [2.05, 4.69) is 21.1 Å². The van der Waals surface area contributed by atoms with Crippen LogP contribution in [-0.2, 0) is 7.05 Å². The zero-order chi connectivity index (χ0) is 21.6. The molecule has 154 valence electrons. The molecule has 0 amide bonds. The molecule has 0 radical (unpaired) electrons. The van der Waals surface area contributed by atoms with Crippen LogP contribution in [0, 0.1) is 13.8 Å². The van der Waals surface area contributed by atoms with Crippen molar-refractivity contribution in [3.63, 3.8) is 0 Å². The largest absolute Gasteiger partial charge is 0.493 e. The van der Waals surface area contributed by atoms with E-state index in [0.29, 0.717) is 11.6 Å².